The third kappa shape index (κ3) is 7.23. The van der Waals surface area contributed by atoms with Crippen molar-refractivity contribution < 1.29 is 4.74 Å². The molecule has 27 heavy (non-hydrogen) atoms. The maximum absolute atomic E-state index is 5.69. The number of nitrogens with one attached hydrogen (secondary N) is 2. The lowest BCUT2D eigenvalue weighted by atomic mass is 9.97. The minimum atomic E-state index is 0. The Hall–Kier alpha value is -0.860. The molecule has 1 aromatic carbocycles. The van der Waals surface area contributed by atoms with E-state index < -0.39 is 0 Å². The molecule has 2 aliphatic heterocycles. The molecule has 2 N–H and O–H groups in total. The van der Waals surface area contributed by atoms with Crippen molar-refractivity contribution in [1.29, 1.82) is 0 Å². The molecule has 0 aliphatic carbocycles. The van der Waals surface area contributed by atoms with Crippen LogP contribution in [0.2, 0.25) is 0 Å². The molecular formula is C21H35IN4O. The molecule has 2 saturated heterocycles. The molecule has 0 spiro atoms. The largest absolute Gasteiger partial charge is 0.376 e. The molecule has 2 heterocycles. The summed E-state index contributed by atoms with van der Waals surface area (Å²) in [4.78, 5) is 7.34. The van der Waals surface area contributed by atoms with Gasteiger partial charge in [-0.25, -0.2) is 0 Å². The Labute approximate surface area is 181 Å². The molecule has 6 heteroatoms. The molecule has 0 bridgehead atoms. The van der Waals surface area contributed by atoms with E-state index in [1.807, 2.05) is 0 Å². The molecule has 0 aromatic heterocycles. The van der Waals surface area contributed by atoms with Crippen LogP contribution in [0.3, 0.4) is 0 Å². The van der Waals surface area contributed by atoms with Crippen molar-refractivity contribution in [2.75, 3.05) is 26.2 Å². The lowest BCUT2D eigenvalue weighted by Crippen LogP contribution is -2.51. The number of nitrogens with zero attached hydrogens (tertiary/aromatic N) is 2. The molecule has 2 aliphatic rings. The van der Waals surface area contributed by atoms with E-state index in [4.69, 9.17) is 9.73 Å². The van der Waals surface area contributed by atoms with Crippen molar-refractivity contribution in [2.45, 2.75) is 64.3 Å². The first-order chi connectivity index (χ1) is 12.7. The number of hydrogen-bond acceptors (Lipinski definition) is 3. The van der Waals surface area contributed by atoms with Crippen LogP contribution in [-0.2, 0) is 11.3 Å². The third-order valence-corrected chi connectivity index (χ3v) is 5.40. The van der Waals surface area contributed by atoms with E-state index in [0.29, 0.717) is 18.2 Å². The zero-order valence-electron chi connectivity index (χ0n) is 16.7. The van der Waals surface area contributed by atoms with Crippen molar-refractivity contribution in [3.05, 3.63) is 35.9 Å². The maximum Gasteiger partial charge on any atom is 0.191 e. The van der Waals surface area contributed by atoms with Crippen molar-refractivity contribution in [3.8, 4) is 0 Å². The van der Waals surface area contributed by atoms with Gasteiger partial charge in [-0.05, 0) is 45.1 Å². The quantitative estimate of drug-likeness (QED) is 0.368. The standard InChI is InChI=1S/C21H34N4O.HI/c1-3-22-21(23-15-20-10-7-13-26-20)24-19-11-12-25(17(2)14-19)16-18-8-5-4-6-9-18;/h4-6,8-9,17,19-20H,3,7,10-16H2,1-2H3,(H2,22,23,24);1H. The van der Waals surface area contributed by atoms with Gasteiger partial charge in [0, 0.05) is 38.3 Å². The fourth-order valence-corrected chi connectivity index (χ4v) is 3.90. The average Bonchev–Trinajstić information content (AvgIpc) is 3.17. The molecule has 152 valence electrons. The fraction of sp³-hybridized carbons (Fsp3) is 0.667. The summed E-state index contributed by atoms with van der Waals surface area (Å²) in [5, 5.41) is 7.04. The summed E-state index contributed by atoms with van der Waals surface area (Å²) >= 11 is 0. The first-order valence-corrected chi connectivity index (χ1v) is 10.2. The zero-order valence-corrected chi connectivity index (χ0v) is 19.0. The van der Waals surface area contributed by atoms with E-state index in [1.54, 1.807) is 0 Å². The van der Waals surface area contributed by atoms with Crippen molar-refractivity contribution in [3.63, 3.8) is 0 Å². The molecule has 2 fully saturated rings. The normalized spacial score (nSPS) is 26.4. The SMILES string of the molecule is CCNC(=NCC1CCCO1)NC1CCN(Cc2ccccc2)C(C)C1.I. The Balaban J connectivity index is 0.00000261. The summed E-state index contributed by atoms with van der Waals surface area (Å²) in [5.41, 5.74) is 1.40. The third-order valence-electron chi connectivity index (χ3n) is 5.40. The van der Waals surface area contributed by atoms with Crippen molar-refractivity contribution in [2.24, 2.45) is 4.99 Å². The number of aliphatic imine (C=N–C) groups is 1. The van der Waals surface area contributed by atoms with E-state index in [0.717, 1.165) is 58.0 Å². The number of halogens is 1. The van der Waals surface area contributed by atoms with Gasteiger partial charge in [0.05, 0.1) is 12.6 Å². The minimum Gasteiger partial charge on any atom is -0.376 e. The monoisotopic (exact) mass is 486 g/mol. The van der Waals surface area contributed by atoms with E-state index in [1.165, 1.54) is 12.0 Å². The summed E-state index contributed by atoms with van der Waals surface area (Å²) in [6, 6.07) is 11.8. The zero-order chi connectivity index (χ0) is 18.2. The number of guanidine groups is 1. The van der Waals surface area contributed by atoms with Crippen LogP contribution in [0.5, 0.6) is 0 Å². The van der Waals surface area contributed by atoms with Crippen LogP contribution in [-0.4, -0.2) is 55.3 Å². The second-order valence-electron chi connectivity index (χ2n) is 7.53. The van der Waals surface area contributed by atoms with Crippen LogP contribution in [0.15, 0.2) is 35.3 Å². The van der Waals surface area contributed by atoms with Gasteiger partial charge in [0.15, 0.2) is 5.96 Å². The second-order valence-corrected chi connectivity index (χ2v) is 7.53. The van der Waals surface area contributed by atoms with Crippen LogP contribution in [0.25, 0.3) is 0 Å². The van der Waals surface area contributed by atoms with Gasteiger partial charge in [0.1, 0.15) is 0 Å². The Morgan fingerprint density at radius 1 is 1.26 bits per heavy atom. The van der Waals surface area contributed by atoms with Gasteiger partial charge in [-0.2, -0.15) is 0 Å². The highest BCUT2D eigenvalue weighted by Crippen LogP contribution is 2.20. The van der Waals surface area contributed by atoms with Crippen LogP contribution < -0.4 is 10.6 Å². The second kappa shape index (κ2) is 11.9. The van der Waals surface area contributed by atoms with E-state index in [2.05, 4.69) is 59.7 Å². The molecule has 3 rings (SSSR count). The summed E-state index contributed by atoms with van der Waals surface area (Å²) in [6.07, 6.45) is 4.91. The Bertz CT molecular complexity index is 563. The number of piperidine rings is 1. The van der Waals surface area contributed by atoms with Gasteiger partial charge in [0.25, 0.3) is 0 Å². The highest BCUT2D eigenvalue weighted by atomic mass is 127. The molecule has 3 atom stereocenters. The Morgan fingerprint density at radius 3 is 2.74 bits per heavy atom. The fourth-order valence-electron chi connectivity index (χ4n) is 3.90. The minimum absolute atomic E-state index is 0. The van der Waals surface area contributed by atoms with Gasteiger partial charge >= 0.3 is 0 Å². The number of ether oxygens (including phenoxy) is 1. The molecule has 0 radical (unpaired) electrons. The lowest BCUT2D eigenvalue weighted by molar-refractivity contribution is 0.117. The number of hydrogen-bond donors (Lipinski definition) is 2. The van der Waals surface area contributed by atoms with Gasteiger partial charge < -0.3 is 15.4 Å². The smallest absolute Gasteiger partial charge is 0.191 e. The summed E-state index contributed by atoms with van der Waals surface area (Å²) in [6.45, 7) is 9.17. The molecule has 0 amide bonds. The number of likely N-dealkylation sites (tertiary alicyclic amines) is 1. The summed E-state index contributed by atoms with van der Waals surface area (Å²) in [5.74, 6) is 0.941. The van der Waals surface area contributed by atoms with Gasteiger partial charge in [-0.3, -0.25) is 9.89 Å². The molecule has 3 unspecified atom stereocenters. The Morgan fingerprint density at radius 2 is 2.07 bits per heavy atom. The molecule has 5 nitrogen and oxygen atoms in total. The highest BCUT2D eigenvalue weighted by molar-refractivity contribution is 14.0. The predicted molar refractivity (Wildman–Crippen MR) is 123 cm³/mol. The van der Waals surface area contributed by atoms with Gasteiger partial charge in [-0.1, -0.05) is 30.3 Å². The maximum atomic E-state index is 5.69. The first kappa shape index (κ1) is 22.4. The van der Waals surface area contributed by atoms with E-state index >= 15 is 0 Å². The number of rotatable bonds is 6. The molecule has 0 saturated carbocycles. The lowest BCUT2D eigenvalue weighted by Gasteiger charge is -2.38. The van der Waals surface area contributed by atoms with Gasteiger partial charge in [0.2, 0.25) is 0 Å². The highest BCUT2D eigenvalue weighted by Gasteiger charge is 2.26. The van der Waals surface area contributed by atoms with Crippen molar-refractivity contribution >= 4 is 29.9 Å². The molecular weight excluding hydrogens is 451 g/mol. The topological polar surface area (TPSA) is 48.9 Å². The first-order valence-electron chi connectivity index (χ1n) is 10.2. The molecule has 1 aromatic rings. The predicted octanol–water partition coefficient (Wildman–Crippen LogP) is 3.39. The summed E-state index contributed by atoms with van der Waals surface area (Å²) in [7, 11) is 0. The summed E-state index contributed by atoms with van der Waals surface area (Å²) < 4.78 is 5.69. The van der Waals surface area contributed by atoms with Crippen LogP contribution in [0.4, 0.5) is 0 Å². The van der Waals surface area contributed by atoms with Crippen molar-refractivity contribution in [1.82, 2.24) is 15.5 Å². The average molecular weight is 486 g/mol. The number of benzene rings is 1. The van der Waals surface area contributed by atoms with E-state index in [9.17, 15) is 0 Å². The van der Waals surface area contributed by atoms with E-state index in [-0.39, 0.29) is 24.0 Å². The van der Waals surface area contributed by atoms with Crippen LogP contribution >= 0.6 is 24.0 Å². The van der Waals surface area contributed by atoms with Crippen LogP contribution in [0, 0.1) is 0 Å². The Kier molecular flexibility index (Phi) is 9.86. The van der Waals surface area contributed by atoms with Gasteiger partial charge in [-0.15, -0.1) is 24.0 Å². The van der Waals surface area contributed by atoms with Crippen LogP contribution in [0.1, 0.15) is 45.1 Å².